The van der Waals surface area contributed by atoms with Gasteiger partial charge in [0.1, 0.15) is 25.0 Å². The average molecular weight is 492 g/mol. The minimum absolute atomic E-state index is 0.0265. The van der Waals surface area contributed by atoms with Gasteiger partial charge >= 0.3 is 6.09 Å². The molecule has 0 saturated heterocycles. The topological polar surface area (TPSA) is 114 Å². The highest BCUT2D eigenvalue weighted by Crippen LogP contribution is 2.17. The van der Waals surface area contributed by atoms with Gasteiger partial charge in [-0.1, -0.05) is 73.1 Å². The molecular formula is C27H45N3O5. The van der Waals surface area contributed by atoms with Gasteiger partial charge in [-0.05, 0) is 48.5 Å². The standard InChI is InChI=1S/C27H45N3O5/c1-8-19(6)23(15-31)28-26(33)24(20(7)18(4)5)30-25(32)22(14-17(2)3)29-27(34)35-16-21-12-10-9-11-13-21/h10,12-13,15,17-20,22-24H,8-9,11,14,16H2,1-7H3,(H,28,33)(H,29,34)(H,30,32)/t19?,20-,22-,23+,24-/m0/s1. The Kier molecular flexibility index (Phi) is 13.3. The van der Waals surface area contributed by atoms with Crippen molar-refractivity contribution in [1.29, 1.82) is 0 Å². The molecule has 198 valence electrons. The lowest BCUT2D eigenvalue weighted by Gasteiger charge is -2.31. The van der Waals surface area contributed by atoms with Gasteiger partial charge in [0.05, 0.1) is 6.04 Å². The van der Waals surface area contributed by atoms with Crippen LogP contribution in [-0.4, -0.2) is 48.9 Å². The molecule has 1 rings (SSSR count). The van der Waals surface area contributed by atoms with E-state index in [1.165, 1.54) is 0 Å². The third kappa shape index (κ3) is 10.7. The molecule has 35 heavy (non-hydrogen) atoms. The lowest BCUT2D eigenvalue weighted by Crippen LogP contribution is -2.58. The summed E-state index contributed by atoms with van der Waals surface area (Å²) >= 11 is 0. The van der Waals surface area contributed by atoms with Crippen molar-refractivity contribution in [3.8, 4) is 0 Å². The van der Waals surface area contributed by atoms with Crippen molar-refractivity contribution >= 4 is 24.2 Å². The van der Waals surface area contributed by atoms with E-state index < -0.39 is 36.0 Å². The molecule has 0 bridgehead atoms. The fourth-order valence-corrected chi connectivity index (χ4v) is 3.70. The number of rotatable bonds is 14. The third-order valence-electron chi connectivity index (χ3n) is 6.63. The van der Waals surface area contributed by atoms with Gasteiger partial charge in [0.2, 0.25) is 11.8 Å². The number of allylic oxidation sites excluding steroid dienone is 2. The molecule has 0 heterocycles. The molecule has 8 heteroatoms. The summed E-state index contributed by atoms with van der Waals surface area (Å²) in [5.74, 6) is -0.858. The van der Waals surface area contributed by atoms with Crippen LogP contribution in [0.15, 0.2) is 23.8 Å². The number of carbonyl (C=O) groups excluding carboxylic acids is 4. The number of hydrogen-bond acceptors (Lipinski definition) is 5. The average Bonchev–Trinajstić information content (AvgIpc) is 2.83. The molecule has 1 unspecified atom stereocenters. The molecule has 0 aliphatic heterocycles. The highest BCUT2D eigenvalue weighted by Gasteiger charge is 2.33. The number of carbonyl (C=O) groups is 4. The Morgan fingerprint density at radius 2 is 1.69 bits per heavy atom. The summed E-state index contributed by atoms with van der Waals surface area (Å²) in [6, 6.07) is -2.34. The fourth-order valence-electron chi connectivity index (χ4n) is 3.70. The van der Waals surface area contributed by atoms with Crippen molar-refractivity contribution in [2.75, 3.05) is 6.61 Å². The summed E-state index contributed by atoms with van der Waals surface area (Å²) in [6.07, 6.45) is 9.04. The number of alkyl carbamates (subject to hydrolysis) is 1. The highest BCUT2D eigenvalue weighted by molar-refractivity contribution is 5.92. The summed E-state index contributed by atoms with van der Waals surface area (Å²) in [5.41, 5.74) is 0.921. The van der Waals surface area contributed by atoms with Crippen LogP contribution in [0.2, 0.25) is 0 Å². The minimum atomic E-state index is -0.857. The maximum absolute atomic E-state index is 13.3. The fraction of sp³-hybridized carbons (Fsp3) is 0.704. The Morgan fingerprint density at radius 1 is 1.00 bits per heavy atom. The van der Waals surface area contributed by atoms with Crippen LogP contribution in [-0.2, 0) is 19.1 Å². The SMILES string of the molecule is CCC(C)[C@@H](C=O)NC(=O)[C@@H](NC(=O)[C@H](CC(C)C)NC(=O)OCC1=CCCC=C1)[C@@H](C)C(C)C. The van der Waals surface area contributed by atoms with Gasteiger partial charge in [-0.25, -0.2) is 4.79 Å². The van der Waals surface area contributed by atoms with Crippen LogP contribution in [0.1, 0.15) is 74.1 Å². The van der Waals surface area contributed by atoms with Crippen LogP contribution in [0, 0.1) is 23.7 Å². The molecule has 0 aromatic rings. The molecule has 5 atom stereocenters. The summed E-state index contributed by atoms with van der Waals surface area (Å²) < 4.78 is 5.32. The number of hydrogen-bond donors (Lipinski definition) is 3. The maximum Gasteiger partial charge on any atom is 0.408 e. The van der Waals surface area contributed by atoms with E-state index >= 15 is 0 Å². The number of aldehydes is 1. The summed E-state index contributed by atoms with van der Waals surface area (Å²) in [5, 5.41) is 8.30. The molecule has 1 aliphatic rings. The first-order valence-electron chi connectivity index (χ1n) is 12.8. The zero-order chi connectivity index (χ0) is 26.5. The minimum Gasteiger partial charge on any atom is -0.445 e. The maximum atomic E-state index is 13.3. The largest absolute Gasteiger partial charge is 0.445 e. The third-order valence-corrected chi connectivity index (χ3v) is 6.63. The monoisotopic (exact) mass is 491 g/mol. The predicted molar refractivity (Wildman–Crippen MR) is 138 cm³/mol. The van der Waals surface area contributed by atoms with Gasteiger partial charge in [0, 0.05) is 0 Å². The first-order chi connectivity index (χ1) is 16.5. The quantitative estimate of drug-likeness (QED) is 0.319. The van der Waals surface area contributed by atoms with Gasteiger partial charge in [-0.15, -0.1) is 0 Å². The van der Waals surface area contributed by atoms with Crippen LogP contribution in [0.3, 0.4) is 0 Å². The van der Waals surface area contributed by atoms with E-state index in [2.05, 4.69) is 16.0 Å². The normalized spacial score (nSPS) is 17.6. The van der Waals surface area contributed by atoms with Gasteiger partial charge in [0.15, 0.2) is 0 Å². The van der Waals surface area contributed by atoms with Crippen molar-refractivity contribution in [2.45, 2.75) is 92.3 Å². The molecule has 0 saturated carbocycles. The molecule has 3 N–H and O–H groups in total. The Balaban J connectivity index is 2.93. The van der Waals surface area contributed by atoms with Gasteiger partial charge in [-0.3, -0.25) is 9.59 Å². The summed E-state index contributed by atoms with van der Waals surface area (Å²) in [4.78, 5) is 50.4. The van der Waals surface area contributed by atoms with Crippen LogP contribution >= 0.6 is 0 Å². The second-order valence-corrected chi connectivity index (χ2v) is 10.3. The lowest BCUT2D eigenvalue weighted by atomic mass is 9.88. The van der Waals surface area contributed by atoms with Crippen LogP contribution < -0.4 is 16.0 Å². The van der Waals surface area contributed by atoms with Crippen molar-refractivity contribution in [3.05, 3.63) is 23.8 Å². The summed E-state index contributed by atoms with van der Waals surface area (Å²) in [6.45, 7) is 13.7. The van der Waals surface area contributed by atoms with Gasteiger partial charge in [0.25, 0.3) is 0 Å². The number of amides is 3. The van der Waals surface area contributed by atoms with Crippen LogP contribution in [0.25, 0.3) is 0 Å². The number of nitrogens with one attached hydrogen (secondary N) is 3. The first-order valence-corrected chi connectivity index (χ1v) is 12.8. The zero-order valence-corrected chi connectivity index (χ0v) is 22.4. The van der Waals surface area contributed by atoms with Crippen molar-refractivity contribution < 1.29 is 23.9 Å². The van der Waals surface area contributed by atoms with Crippen LogP contribution in [0.4, 0.5) is 4.79 Å². The molecule has 0 fully saturated rings. The lowest BCUT2D eigenvalue weighted by molar-refractivity contribution is -0.133. The molecule has 0 aromatic carbocycles. The van der Waals surface area contributed by atoms with E-state index in [4.69, 9.17) is 4.74 Å². The van der Waals surface area contributed by atoms with Crippen LogP contribution in [0.5, 0.6) is 0 Å². The predicted octanol–water partition coefficient (Wildman–Crippen LogP) is 3.91. The van der Waals surface area contributed by atoms with E-state index in [0.717, 1.165) is 31.1 Å². The Hall–Kier alpha value is -2.64. The Labute approximate surface area is 210 Å². The van der Waals surface area contributed by atoms with Crippen molar-refractivity contribution in [3.63, 3.8) is 0 Å². The van der Waals surface area contributed by atoms with Crippen molar-refractivity contribution in [1.82, 2.24) is 16.0 Å². The van der Waals surface area contributed by atoms with E-state index in [0.29, 0.717) is 6.42 Å². The highest BCUT2D eigenvalue weighted by atomic mass is 16.5. The molecule has 8 nitrogen and oxygen atoms in total. The van der Waals surface area contributed by atoms with E-state index in [9.17, 15) is 19.2 Å². The van der Waals surface area contributed by atoms with E-state index in [1.807, 2.05) is 66.7 Å². The molecular weight excluding hydrogens is 446 g/mol. The second kappa shape index (κ2) is 15.4. The molecule has 0 radical (unpaired) electrons. The van der Waals surface area contributed by atoms with Crippen molar-refractivity contribution in [2.24, 2.45) is 23.7 Å². The second-order valence-electron chi connectivity index (χ2n) is 10.3. The Bertz CT molecular complexity index is 775. The van der Waals surface area contributed by atoms with E-state index in [1.54, 1.807) is 0 Å². The zero-order valence-electron chi connectivity index (χ0n) is 22.4. The molecule has 3 amide bonds. The first kappa shape index (κ1) is 30.4. The summed E-state index contributed by atoms with van der Waals surface area (Å²) in [7, 11) is 0. The molecule has 0 spiro atoms. The number of ether oxygens (including phenoxy) is 1. The smallest absolute Gasteiger partial charge is 0.408 e. The molecule has 0 aromatic heterocycles. The van der Waals surface area contributed by atoms with Gasteiger partial charge < -0.3 is 25.5 Å². The van der Waals surface area contributed by atoms with Gasteiger partial charge in [-0.2, -0.15) is 0 Å². The Morgan fingerprint density at radius 3 is 2.20 bits per heavy atom. The molecule has 1 aliphatic carbocycles. The van der Waals surface area contributed by atoms with E-state index in [-0.39, 0.29) is 30.3 Å².